The Hall–Kier alpha value is -1.80. The van der Waals surface area contributed by atoms with E-state index < -0.39 is 0 Å². The third-order valence-corrected chi connectivity index (χ3v) is 2.55. The van der Waals surface area contributed by atoms with Gasteiger partial charge in [0.25, 0.3) is 0 Å². The highest BCUT2D eigenvalue weighted by molar-refractivity contribution is 6.89. The minimum absolute atomic E-state index is 0. The Bertz CT molecular complexity index is 386. The van der Waals surface area contributed by atoms with E-state index in [1.807, 2.05) is 18.1 Å². The topological polar surface area (TPSA) is 35.0 Å². The minimum Gasteiger partial charge on any atom is -0.344 e. The SMILES string of the molecule is C=CB(c1ccccc1)c1ccccc1.N. The van der Waals surface area contributed by atoms with Gasteiger partial charge in [-0.2, -0.15) is 0 Å². The van der Waals surface area contributed by atoms with Gasteiger partial charge in [0.1, 0.15) is 0 Å². The maximum absolute atomic E-state index is 3.91. The molecule has 16 heavy (non-hydrogen) atoms. The first-order chi connectivity index (χ1) is 7.42. The summed E-state index contributed by atoms with van der Waals surface area (Å²) in [6, 6.07) is 20.9. The van der Waals surface area contributed by atoms with Gasteiger partial charge in [0.2, 0.25) is 6.71 Å². The molecule has 2 heteroatoms. The van der Waals surface area contributed by atoms with Crippen LogP contribution in [0.25, 0.3) is 0 Å². The molecule has 0 aliphatic rings. The summed E-state index contributed by atoms with van der Waals surface area (Å²) in [4.78, 5) is 0. The van der Waals surface area contributed by atoms with Crippen molar-refractivity contribution in [1.29, 1.82) is 0 Å². The second kappa shape index (κ2) is 5.94. The van der Waals surface area contributed by atoms with E-state index in [2.05, 4.69) is 55.1 Å². The molecule has 1 nitrogen and oxygen atoms in total. The second-order valence-electron chi connectivity index (χ2n) is 3.53. The summed E-state index contributed by atoms with van der Waals surface area (Å²) in [5.74, 6) is 1.99. The molecule has 2 aromatic rings. The smallest absolute Gasteiger partial charge is 0.233 e. The molecule has 0 unspecified atom stereocenters. The van der Waals surface area contributed by atoms with Gasteiger partial charge in [-0.3, -0.25) is 0 Å². The Balaban J connectivity index is 0.00000128. The van der Waals surface area contributed by atoms with Crippen LogP contribution in [-0.2, 0) is 0 Å². The summed E-state index contributed by atoms with van der Waals surface area (Å²) in [5, 5.41) is 0. The van der Waals surface area contributed by atoms with Crippen LogP contribution in [0.2, 0.25) is 0 Å². The van der Waals surface area contributed by atoms with Gasteiger partial charge in [0.15, 0.2) is 0 Å². The highest BCUT2D eigenvalue weighted by atomic mass is 14.0. The lowest BCUT2D eigenvalue weighted by atomic mass is 9.41. The Kier molecular flexibility index (Phi) is 4.55. The first kappa shape index (κ1) is 12.3. The van der Waals surface area contributed by atoms with Crippen molar-refractivity contribution in [1.82, 2.24) is 6.15 Å². The van der Waals surface area contributed by atoms with E-state index in [4.69, 9.17) is 0 Å². The molecule has 2 rings (SSSR count). The van der Waals surface area contributed by atoms with Crippen molar-refractivity contribution in [2.75, 3.05) is 0 Å². The van der Waals surface area contributed by atoms with Crippen molar-refractivity contribution in [3.05, 3.63) is 73.2 Å². The summed E-state index contributed by atoms with van der Waals surface area (Å²) in [5.41, 5.74) is 2.58. The van der Waals surface area contributed by atoms with E-state index >= 15 is 0 Å². The molecule has 80 valence electrons. The number of rotatable bonds is 3. The highest BCUT2D eigenvalue weighted by Crippen LogP contribution is 1.93. The van der Waals surface area contributed by atoms with E-state index in [-0.39, 0.29) is 6.15 Å². The van der Waals surface area contributed by atoms with E-state index in [0.717, 1.165) is 0 Å². The van der Waals surface area contributed by atoms with E-state index in [1.165, 1.54) is 10.9 Å². The highest BCUT2D eigenvalue weighted by Gasteiger charge is 2.13. The lowest BCUT2D eigenvalue weighted by Gasteiger charge is -2.09. The number of hydrogen-bond donors (Lipinski definition) is 1. The predicted octanol–water partition coefficient (Wildman–Crippen LogP) is 2.18. The van der Waals surface area contributed by atoms with Crippen molar-refractivity contribution < 1.29 is 0 Å². The summed E-state index contributed by atoms with van der Waals surface area (Å²) >= 11 is 0. The summed E-state index contributed by atoms with van der Waals surface area (Å²) in [7, 11) is 0. The van der Waals surface area contributed by atoms with Gasteiger partial charge in [0.05, 0.1) is 0 Å². The molecule has 0 aliphatic heterocycles. The molecule has 0 bridgehead atoms. The number of benzene rings is 2. The molecule has 0 fully saturated rings. The van der Waals surface area contributed by atoms with Crippen molar-refractivity contribution in [2.24, 2.45) is 0 Å². The third kappa shape index (κ3) is 2.62. The van der Waals surface area contributed by atoms with Crippen molar-refractivity contribution >= 4 is 17.6 Å². The van der Waals surface area contributed by atoms with Crippen LogP contribution in [0.15, 0.2) is 73.2 Å². The Morgan fingerprint density at radius 2 is 1.12 bits per heavy atom. The first-order valence-corrected chi connectivity index (χ1v) is 5.14. The largest absolute Gasteiger partial charge is 0.344 e. The summed E-state index contributed by atoms with van der Waals surface area (Å²) in [6.45, 7) is 4.21. The molecule has 0 saturated carbocycles. The average Bonchev–Trinajstić information content (AvgIpc) is 2.33. The lowest BCUT2D eigenvalue weighted by molar-refractivity contribution is 1.73. The number of hydrogen-bond acceptors (Lipinski definition) is 1. The van der Waals surface area contributed by atoms with Gasteiger partial charge in [-0.25, -0.2) is 0 Å². The van der Waals surface area contributed by atoms with Crippen molar-refractivity contribution in [2.45, 2.75) is 0 Å². The molecule has 0 aliphatic carbocycles. The fourth-order valence-electron chi connectivity index (χ4n) is 1.79. The van der Waals surface area contributed by atoms with Gasteiger partial charge in [0, 0.05) is 0 Å². The maximum Gasteiger partial charge on any atom is 0.233 e. The standard InChI is InChI=1S/C14H13B.H3N/c1-2-15(13-9-5-3-6-10-13)14-11-7-4-8-12-14;/h2-12H,1H2;1H3. The quantitative estimate of drug-likeness (QED) is 0.772. The molecule has 0 amide bonds. The van der Waals surface area contributed by atoms with Crippen LogP contribution in [0, 0.1) is 0 Å². The average molecular weight is 209 g/mol. The molecular formula is C14H16BN. The third-order valence-electron chi connectivity index (χ3n) is 2.55. The fraction of sp³-hybridized carbons (Fsp3) is 0. The summed E-state index contributed by atoms with van der Waals surface area (Å²) < 4.78 is 0. The molecular weight excluding hydrogens is 193 g/mol. The zero-order valence-corrected chi connectivity index (χ0v) is 9.34. The molecule has 0 radical (unpaired) electrons. The van der Waals surface area contributed by atoms with Gasteiger partial charge in [-0.15, -0.1) is 12.6 Å². The van der Waals surface area contributed by atoms with Crippen LogP contribution in [0.3, 0.4) is 0 Å². The van der Waals surface area contributed by atoms with E-state index in [9.17, 15) is 0 Å². The van der Waals surface area contributed by atoms with Gasteiger partial charge < -0.3 is 6.15 Å². The second-order valence-corrected chi connectivity index (χ2v) is 3.53. The van der Waals surface area contributed by atoms with Gasteiger partial charge >= 0.3 is 0 Å². The normalized spacial score (nSPS) is 9.00. The Labute approximate surface area is 97.5 Å². The molecule has 0 atom stereocenters. The molecule has 2 aromatic carbocycles. The minimum atomic E-state index is 0. The zero-order valence-electron chi connectivity index (χ0n) is 9.34. The van der Waals surface area contributed by atoms with Crippen molar-refractivity contribution in [3.63, 3.8) is 0 Å². The Morgan fingerprint density at radius 3 is 1.44 bits per heavy atom. The predicted molar refractivity (Wildman–Crippen MR) is 73.1 cm³/mol. The van der Waals surface area contributed by atoms with Crippen LogP contribution in [0.5, 0.6) is 0 Å². The van der Waals surface area contributed by atoms with Crippen LogP contribution >= 0.6 is 0 Å². The van der Waals surface area contributed by atoms with Crippen LogP contribution in [0.1, 0.15) is 0 Å². The van der Waals surface area contributed by atoms with Crippen LogP contribution in [-0.4, -0.2) is 6.71 Å². The van der Waals surface area contributed by atoms with Gasteiger partial charge in [-0.05, 0) is 0 Å². The summed E-state index contributed by atoms with van der Waals surface area (Å²) in [6.07, 6.45) is 0. The molecule has 0 saturated heterocycles. The fourth-order valence-corrected chi connectivity index (χ4v) is 1.79. The molecule has 3 N–H and O–H groups in total. The Morgan fingerprint density at radius 1 is 0.750 bits per heavy atom. The zero-order chi connectivity index (χ0) is 10.5. The molecule has 0 spiro atoms. The monoisotopic (exact) mass is 209 g/mol. The maximum atomic E-state index is 3.91. The first-order valence-electron chi connectivity index (χ1n) is 5.14. The van der Waals surface area contributed by atoms with E-state index in [0.29, 0.717) is 6.71 Å². The van der Waals surface area contributed by atoms with Crippen molar-refractivity contribution in [3.8, 4) is 0 Å². The molecule has 0 heterocycles. The van der Waals surface area contributed by atoms with Crippen LogP contribution in [0.4, 0.5) is 0 Å². The molecule has 0 aromatic heterocycles. The van der Waals surface area contributed by atoms with E-state index in [1.54, 1.807) is 0 Å². The van der Waals surface area contributed by atoms with Gasteiger partial charge in [-0.1, -0.05) is 71.6 Å². The van der Waals surface area contributed by atoms with Crippen LogP contribution < -0.4 is 17.1 Å². The lowest BCUT2D eigenvalue weighted by Crippen LogP contribution is -2.40.